The minimum absolute atomic E-state index is 0.0655. The summed E-state index contributed by atoms with van der Waals surface area (Å²) in [6.45, 7) is 3.38. The highest BCUT2D eigenvalue weighted by Gasteiger charge is 2.31. The fraction of sp³-hybridized carbons (Fsp3) is 0.429. The molecule has 2 aromatic carbocycles. The number of carbonyl (C=O) groups is 2. The van der Waals surface area contributed by atoms with Gasteiger partial charge in [-0.1, -0.05) is 42.5 Å². The lowest BCUT2D eigenvalue weighted by Gasteiger charge is -2.35. The van der Waals surface area contributed by atoms with E-state index >= 15 is 0 Å². The van der Waals surface area contributed by atoms with Crippen molar-refractivity contribution in [3.05, 3.63) is 48.0 Å². The second-order valence-corrected chi connectivity index (χ2v) is 7.27. The molecule has 0 spiro atoms. The van der Waals surface area contributed by atoms with Gasteiger partial charge in [-0.3, -0.25) is 14.5 Å². The van der Waals surface area contributed by atoms with E-state index in [1.807, 2.05) is 37.2 Å². The molecule has 6 nitrogen and oxygen atoms in total. The predicted octanol–water partition coefficient (Wildman–Crippen LogP) is 1.21. The molecule has 2 N–H and O–H groups in total. The van der Waals surface area contributed by atoms with Crippen molar-refractivity contribution in [2.45, 2.75) is 19.0 Å². The van der Waals surface area contributed by atoms with E-state index in [2.05, 4.69) is 39.8 Å². The molecule has 0 aliphatic carbocycles. The summed E-state index contributed by atoms with van der Waals surface area (Å²) in [5.41, 5.74) is 1.18. The molecule has 2 amide bonds. The number of hydrogen-bond donors (Lipinski definition) is 2. The Morgan fingerprint density at radius 3 is 2.81 bits per heavy atom. The molecule has 1 unspecified atom stereocenters. The number of benzene rings is 2. The Hall–Kier alpha value is -2.44. The molecule has 1 heterocycles. The van der Waals surface area contributed by atoms with Gasteiger partial charge in [-0.25, -0.2) is 0 Å². The van der Waals surface area contributed by atoms with E-state index in [-0.39, 0.29) is 18.2 Å². The van der Waals surface area contributed by atoms with Gasteiger partial charge in [-0.2, -0.15) is 0 Å². The van der Waals surface area contributed by atoms with Gasteiger partial charge in [0, 0.05) is 32.7 Å². The van der Waals surface area contributed by atoms with E-state index in [9.17, 15) is 9.59 Å². The first kappa shape index (κ1) is 19.3. The van der Waals surface area contributed by atoms with Crippen LogP contribution in [0.15, 0.2) is 42.5 Å². The van der Waals surface area contributed by atoms with Gasteiger partial charge >= 0.3 is 0 Å². The zero-order valence-electron chi connectivity index (χ0n) is 16.1. The first-order chi connectivity index (χ1) is 13.0. The van der Waals surface area contributed by atoms with Crippen LogP contribution in [0.1, 0.15) is 12.0 Å². The molecule has 0 bridgehead atoms. The molecule has 1 fully saturated rings. The molecule has 3 rings (SSSR count). The maximum atomic E-state index is 12.4. The average molecular weight is 368 g/mol. The van der Waals surface area contributed by atoms with Crippen LogP contribution in [0.25, 0.3) is 10.8 Å². The van der Waals surface area contributed by atoms with E-state index in [0.29, 0.717) is 19.6 Å². The lowest BCUT2D eigenvalue weighted by Crippen LogP contribution is -2.56. The third-order valence-corrected chi connectivity index (χ3v) is 4.95. The van der Waals surface area contributed by atoms with Crippen LogP contribution >= 0.6 is 0 Å². The van der Waals surface area contributed by atoms with Gasteiger partial charge in [0.2, 0.25) is 11.8 Å². The highest BCUT2D eigenvalue weighted by Crippen LogP contribution is 2.22. The molecule has 144 valence electrons. The topological polar surface area (TPSA) is 64.7 Å². The van der Waals surface area contributed by atoms with Gasteiger partial charge in [0.25, 0.3) is 0 Å². The van der Waals surface area contributed by atoms with Crippen LogP contribution in [0.3, 0.4) is 0 Å². The smallest absolute Gasteiger partial charge is 0.237 e. The first-order valence-corrected chi connectivity index (χ1v) is 9.44. The second-order valence-electron chi connectivity index (χ2n) is 7.27. The monoisotopic (exact) mass is 368 g/mol. The Morgan fingerprint density at radius 2 is 2.00 bits per heavy atom. The van der Waals surface area contributed by atoms with E-state index in [1.54, 1.807) is 0 Å². The number of likely N-dealkylation sites (N-methyl/N-ethyl adjacent to an activating group) is 1. The standard InChI is InChI=1S/C21H28N4O2/c1-24(2)12-10-22-20(26)14-19-21(27)23-11-13-25(19)15-17-8-5-7-16-6-3-4-9-18(16)17/h3-9,19H,10-15H2,1-2H3,(H,22,26)(H,23,27). The van der Waals surface area contributed by atoms with Crippen molar-refractivity contribution < 1.29 is 9.59 Å². The molecule has 1 atom stereocenters. The van der Waals surface area contributed by atoms with Gasteiger partial charge in [-0.15, -0.1) is 0 Å². The number of nitrogens with zero attached hydrogens (tertiary/aromatic N) is 2. The molecule has 1 aliphatic rings. The molecule has 6 heteroatoms. The Balaban J connectivity index is 1.70. The summed E-state index contributed by atoms with van der Waals surface area (Å²) in [5.74, 6) is -0.147. The zero-order valence-corrected chi connectivity index (χ0v) is 16.1. The summed E-state index contributed by atoms with van der Waals surface area (Å²) >= 11 is 0. The molecule has 27 heavy (non-hydrogen) atoms. The van der Waals surface area contributed by atoms with Crippen molar-refractivity contribution in [3.63, 3.8) is 0 Å². The molecular formula is C21H28N4O2. The second kappa shape index (κ2) is 8.97. The van der Waals surface area contributed by atoms with Crippen LogP contribution < -0.4 is 10.6 Å². The number of rotatable bonds is 7. The fourth-order valence-electron chi connectivity index (χ4n) is 3.49. The van der Waals surface area contributed by atoms with Crippen molar-refractivity contribution in [2.75, 3.05) is 40.3 Å². The van der Waals surface area contributed by atoms with Gasteiger partial charge in [-0.05, 0) is 30.4 Å². The van der Waals surface area contributed by atoms with E-state index < -0.39 is 6.04 Å². The molecule has 2 aromatic rings. The van der Waals surface area contributed by atoms with Crippen LogP contribution in [0, 0.1) is 0 Å². The number of fused-ring (bicyclic) bond motifs is 1. The van der Waals surface area contributed by atoms with Gasteiger partial charge in [0.05, 0.1) is 12.5 Å². The lowest BCUT2D eigenvalue weighted by molar-refractivity contribution is -0.134. The molecular weight excluding hydrogens is 340 g/mol. The molecule has 0 saturated carbocycles. The summed E-state index contributed by atoms with van der Waals surface area (Å²) in [6.07, 6.45) is 0.185. The van der Waals surface area contributed by atoms with Crippen LogP contribution in [0.4, 0.5) is 0 Å². The summed E-state index contributed by atoms with van der Waals surface area (Å²) < 4.78 is 0. The van der Waals surface area contributed by atoms with Gasteiger partial charge < -0.3 is 15.5 Å². The molecule has 1 aliphatic heterocycles. The van der Waals surface area contributed by atoms with Crippen LogP contribution in [-0.2, 0) is 16.1 Å². The maximum absolute atomic E-state index is 12.4. The van der Waals surface area contributed by atoms with E-state index in [4.69, 9.17) is 0 Å². The highest BCUT2D eigenvalue weighted by molar-refractivity contribution is 5.89. The van der Waals surface area contributed by atoms with Crippen LogP contribution in [0.2, 0.25) is 0 Å². The van der Waals surface area contributed by atoms with Crippen molar-refractivity contribution >= 4 is 22.6 Å². The summed E-state index contributed by atoms with van der Waals surface area (Å²) in [7, 11) is 3.93. The third kappa shape index (κ3) is 5.05. The van der Waals surface area contributed by atoms with Gasteiger partial charge in [0.1, 0.15) is 0 Å². The Kier molecular flexibility index (Phi) is 6.42. The quantitative estimate of drug-likeness (QED) is 0.771. The number of amides is 2. The normalized spacial score (nSPS) is 17.9. The van der Waals surface area contributed by atoms with Crippen molar-refractivity contribution in [3.8, 4) is 0 Å². The molecule has 0 aromatic heterocycles. The van der Waals surface area contributed by atoms with Crippen molar-refractivity contribution in [1.82, 2.24) is 20.4 Å². The molecule has 1 saturated heterocycles. The maximum Gasteiger partial charge on any atom is 0.237 e. The SMILES string of the molecule is CN(C)CCNC(=O)CC1C(=O)NCCN1Cc1cccc2ccccc12. The van der Waals surface area contributed by atoms with E-state index in [1.165, 1.54) is 16.3 Å². The van der Waals surface area contributed by atoms with Crippen molar-refractivity contribution in [2.24, 2.45) is 0 Å². The van der Waals surface area contributed by atoms with Crippen LogP contribution in [-0.4, -0.2) is 67.9 Å². The number of nitrogens with one attached hydrogen (secondary N) is 2. The zero-order chi connectivity index (χ0) is 19.2. The summed E-state index contributed by atoms with van der Waals surface area (Å²) in [6, 6.07) is 14.1. The third-order valence-electron chi connectivity index (χ3n) is 4.95. The number of piperazine rings is 1. The Labute approximate surface area is 160 Å². The predicted molar refractivity (Wildman–Crippen MR) is 107 cm³/mol. The Morgan fingerprint density at radius 1 is 1.22 bits per heavy atom. The van der Waals surface area contributed by atoms with Crippen molar-refractivity contribution in [1.29, 1.82) is 0 Å². The minimum Gasteiger partial charge on any atom is -0.355 e. The summed E-state index contributed by atoms with van der Waals surface area (Å²) in [4.78, 5) is 28.9. The van der Waals surface area contributed by atoms with E-state index in [0.717, 1.165) is 13.1 Å². The fourth-order valence-corrected chi connectivity index (χ4v) is 3.49. The van der Waals surface area contributed by atoms with Crippen LogP contribution in [0.5, 0.6) is 0 Å². The first-order valence-electron chi connectivity index (χ1n) is 9.44. The lowest BCUT2D eigenvalue weighted by atomic mass is 10.0. The minimum atomic E-state index is -0.433. The van der Waals surface area contributed by atoms with Gasteiger partial charge in [0.15, 0.2) is 0 Å². The average Bonchev–Trinajstić information content (AvgIpc) is 2.64. The summed E-state index contributed by atoms with van der Waals surface area (Å²) in [5, 5.41) is 8.19. The molecule has 0 radical (unpaired) electrons. The Bertz CT molecular complexity index is 800. The number of carbonyl (C=O) groups excluding carboxylic acids is 2. The highest BCUT2D eigenvalue weighted by atomic mass is 16.2. The number of hydrogen-bond acceptors (Lipinski definition) is 4. The largest absolute Gasteiger partial charge is 0.355 e.